The van der Waals surface area contributed by atoms with E-state index in [1.54, 1.807) is 18.2 Å². The first-order valence-corrected chi connectivity index (χ1v) is 6.83. The largest absolute Gasteiger partial charge is 0.469 e. The predicted octanol–water partition coefficient (Wildman–Crippen LogP) is 1.88. The Morgan fingerprint density at radius 1 is 1.40 bits per heavy atom. The fourth-order valence-corrected chi connectivity index (χ4v) is 2.88. The van der Waals surface area contributed by atoms with Crippen molar-refractivity contribution in [3.05, 3.63) is 35.9 Å². The molecule has 0 bridgehead atoms. The molecular weight excluding hydrogens is 258 g/mol. The van der Waals surface area contributed by atoms with Gasteiger partial charge in [-0.25, -0.2) is 0 Å². The van der Waals surface area contributed by atoms with Crippen LogP contribution in [0.2, 0.25) is 0 Å². The van der Waals surface area contributed by atoms with Gasteiger partial charge in [0, 0.05) is 37.8 Å². The Balaban J connectivity index is 1.48. The second-order valence-electron chi connectivity index (χ2n) is 5.63. The monoisotopic (exact) mass is 273 g/mol. The molecule has 3 atom stereocenters. The molecule has 104 valence electrons. The number of amides is 1. The maximum atomic E-state index is 11.5. The standard InChI is InChI=1S/C14H15N3O3/c1-17-7-8(5-12(17)18)13-15-14(20-16-13)10-6-9(10)11-3-2-4-19-11/h2-4,8-10H,5-7H2,1H3/t8-,9+,10+/m1/s1. The van der Waals surface area contributed by atoms with Crippen LogP contribution < -0.4 is 0 Å². The molecule has 0 radical (unpaired) electrons. The zero-order valence-corrected chi connectivity index (χ0v) is 11.2. The summed E-state index contributed by atoms with van der Waals surface area (Å²) in [6.07, 6.45) is 3.14. The zero-order chi connectivity index (χ0) is 13.7. The molecule has 1 saturated heterocycles. The molecule has 6 nitrogen and oxygen atoms in total. The molecule has 1 saturated carbocycles. The number of nitrogens with zero attached hydrogens (tertiary/aromatic N) is 3. The van der Waals surface area contributed by atoms with Crippen LogP contribution in [-0.2, 0) is 4.79 Å². The highest BCUT2D eigenvalue weighted by Crippen LogP contribution is 2.54. The second-order valence-corrected chi connectivity index (χ2v) is 5.63. The maximum Gasteiger partial charge on any atom is 0.230 e. The summed E-state index contributed by atoms with van der Waals surface area (Å²) in [5.74, 6) is 3.12. The van der Waals surface area contributed by atoms with Gasteiger partial charge in [0.2, 0.25) is 11.8 Å². The number of carbonyl (C=O) groups is 1. The SMILES string of the molecule is CN1C[C@H](c2noc([C@H]3C[C@@H]3c3ccco3)n2)CC1=O. The minimum absolute atomic E-state index is 0.0609. The molecule has 2 aromatic rings. The lowest BCUT2D eigenvalue weighted by Crippen LogP contribution is -2.18. The van der Waals surface area contributed by atoms with E-state index < -0.39 is 0 Å². The minimum Gasteiger partial charge on any atom is -0.469 e. The predicted molar refractivity (Wildman–Crippen MR) is 68.1 cm³/mol. The Bertz CT molecular complexity index is 634. The summed E-state index contributed by atoms with van der Waals surface area (Å²) in [4.78, 5) is 17.7. The highest BCUT2D eigenvalue weighted by atomic mass is 16.5. The van der Waals surface area contributed by atoms with Gasteiger partial charge < -0.3 is 13.8 Å². The molecule has 0 unspecified atom stereocenters. The Labute approximate surface area is 115 Å². The van der Waals surface area contributed by atoms with Gasteiger partial charge in [-0.2, -0.15) is 4.98 Å². The minimum atomic E-state index is 0.0609. The number of likely N-dealkylation sites (tertiary alicyclic amines) is 1. The van der Waals surface area contributed by atoms with Crippen LogP contribution in [-0.4, -0.2) is 34.5 Å². The van der Waals surface area contributed by atoms with E-state index in [-0.39, 0.29) is 17.7 Å². The van der Waals surface area contributed by atoms with Crippen molar-refractivity contribution in [2.24, 2.45) is 0 Å². The average molecular weight is 273 g/mol. The molecule has 0 N–H and O–H groups in total. The van der Waals surface area contributed by atoms with Gasteiger partial charge in [-0.05, 0) is 18.6 Å². The first-order chi connectivity index (χ1) is 9.72. The van der Waals surface area contributed by atoms with Crippen LogP contribution in [0.3, 0.4) is 0 Å². The lowest BCUT2D eigenvalue weighted by atomic mass is 10.1. The van der Waals surface area contributed by atoms with Gasteiger partial charge in [0.05, 0.1) is 6.26 Å². The van der Waals surface area contributed by atoms with E-state index in [9.17, 15) is 4.79 Å². The smallest absolute Gasteiger partial charge is 0.230 e. The first-order valence-electron chi connectivity index (χ1n) is 6.83. The van der Waals surface area contributed by atoms with Crippen LogP contribution in [0.25, 0.3) is 0 Å². The molecule has 3 heterocycles. The van der Waals surface area contributed by atoms with Crippen LogP contribution >= 0.6 is 0 Å². The van der Waals surface area contributed by atoms with Gasteiger partial charge in [-0.3, -0.25) is 4.79 Å². The molecule has 0 aromatic carbocycles. The summed E-state index contributed by atoms with van der Waals surface area (Å²) in [7, 11) is 1.80. The van der Waals surface area contributed by atoms with Gasteiger partial charge in [0.25, 0.3) is 0 Å². The zero-order valence-electron chi connectivity index (χ0n) is 11.2. The van der Waals surface area contributed by atoms with Crippen LogP contribution in [0, 0.1) is 0 Å². The Kier molecular flexibility index (Phi) is 2.45. The highest BCUT2D eigenvalue weighted by molar-refractivity contribution is 5.79. The lowest BCUT2D eigenvalue weighted by molar-refractivity contribution is -0.126. The van der Waals surface area contributed by atoms with E-state index in [0.717, 1.165) is 12.2 Å². The van der Waals surface area contributed by atoms with Gasteiger partial charge >= 0.3 is 0 Å². The molecule has 2 aliphatic rings. The number of furan rings is 1. The van der Waals surface area contributed by atoms with Gasteiger partial charge in [0.1, 0.15) is 5.76 Å². The second kappa shape index (κ2) is 4.19. The molecule has 1 amide bonds. The lowest BCUT2D eigenvalue weighted by Gasteiger charge is -2.06. The summed E-state index contributed by atoms with van der Waals surface area (Å²) in [5, 5.41) is 4.05. The van der Waals surface area contributed by atoms with Crippen molar-refractivity contribution in [2.75, 3.05) is 13.6 Å². The number of likely N-dealkylation sites (N-methyl/N-ethyl adjacent to an activating group) is 1. The van der Waals surface area contributed by atoms with Crippen LogP contribution in [0.4, 0.5) is 0 Å². The molecule has 1 aliphatic heterocycles. The molecule has 20 heavy (non-hydrogen) atoms. The normalized spacial score (nSPS) is 29.1. The van der Waals surface area contributed by atoms with Crippen molar-refractivity contribution in [2.45, 2.75) is 30.6 Å². The van der Waals surface area contributed by atoms with E-state index >= 15 is 0 Å². The van der Waals surface area contributed by atoms with E-state index in [4.69, 9.17) is 8.94 Å². The quantitative estimate of drug-likeness (QED) is 0.853. The summed E-state index contributed by atoms with van der Waals surface area (Å²) in [6, 6.07) is 3.87. The molecule has 6 heteroatoms. The fourth-order valence-electron chi connectivity index (χ4n) is 2.88. The van der Waals surface area contributed by atoms with Crippen molar-refractivity contribution in [1.29, 1.82) is 0 Å². The summed E-state index contributed by atoms with van der Waals surface area (Å²) in [5.41, 5.74) is 0. The number of carbonyl (C=O) groups excluding carboxylic acids is 1. The highest BCUT2D eigenvalue weighted by Gasteiger charge is 2.46. The molecule has 2 aromatic heterocycles. The molecule has 2 fully saturated rings. The fraction of sp³-hybridized carbons (Fsp3) is 0.500. The molecule has 1 aliphatic carbocycles. The third-order valence-corrected chi connectivity index (χ3v) is 4.18. The average Bonchev–Trinajstić information content (AvgIpc) is 2.89. The van der Waals surface area contributed by atoms with Crippen molar-refractivity contribution in [1.82, 2.24) is 15.0 Å². The maximum absolute atomic E-state index is 11.5. The first kappa shape index (κ1) is 11.7. The van der Waals surface area contributed by atoms with Gasteiger partial charge in [-0.15, -0.1) is 0 Å². The van der Waals surface area contributed by atoms with Gasteiger partial charge in [-0.1, -0.05) is 5.16 Å². The van der Waals surface area contributed by atoms with E-state index in [1.165, 1.54) is 0 Å². The number of hydrogen-bond donors (Lipinski definition) is 0. The van der Waals surface area contributed by atoms with Crippen molar-refractivity contribution < 1.29 is 13.7 Å². The number of aromatic nitrogens is 2. The van der Waals surface area contributed by atoms with Gasteiger partial charge in [0.15, 0.2) is 5.82 Å². The summed E-state index contributed by atoms with van der Waals surface area (Å²) in [6.45, 7) is 0.671. The van der Waals surface area contributed by atoms with E-state index in [1.807, 2.05) is 12.1 Å². The van der Waals surface area contributed by atoms with E-state index in [2.05, 4.69) is 10.1 Å². The Morgan fingerprint density at radius 3 is 3.00 bits per heavy atom. The van der Waals surface area contributed by atoms with Crippen LogP contribution in [0.15, 0.2) is 27.3 Å². The molecular formula is C14H15N3O3. The Hall–Kier alpha value is -2.11. The van der Waals surface area contributed by atoms with Crippen LogP contribution in [0.1, 0.15) is 48.1 Å². The summed E-state index contributed by atoms with van der Waals surface area (Å²) >= 11 is 0. The third-order valence-electron chi connectivity index (χ3n) is 4.18. The molecule has 0 spiro atoms. The van der Waals surface area contributed by atoms with E-state index in [0.29, 0.717) is 30.6 Å². The topological polar surface area (TPSA) is 72.4 Å². The third kappa shape index (κ3) is 1.83. The van der Waals surface area contributed by atoms with Crippen molar-refractivity contribution >= 4 is 5.91 Å². The van der Waals surface area contributed by atoms with Crippen molar-refractivity contribution in [3.63, 3.8) is 0 Å². The van der Waals surface area contributed by atoms with Crippen molar-refractivity contribution in [3.8, 4) is 0 Å². The van der Waals surface area contributed by atoms with Crippen LogP contribution in [0.5, 0.6) is 0 Å². The molecule has 4 rings (SSSR count). The summed E-state index contributed by atoms with van der Waals surface area (Å²) < 4.78 is 10.8. The number of hydrogen-bond acceptors (Lipinski definition) is 5. The number of rotatable bonds is 3. The Morgan fingerprint density at radius 2 is 2.30 bits per heavy atom.